The second-order valence-corrected chi connectivity index (χ2v) is 4.81. The number of hydrogen-bond acceptors (Lipinski definition) is 4. The lowest BCUT2D eigenvalue weighted by atomic mass is 10.1. The van der Waals surface area contributed by atoms with Crippen LogP contribution in [0, 0.1) is 0 Å². The van der Waals surface area contributed by atoms with Crippen LogP contribution in [0.5, 0.6) is 0 Å². The molecule has 2 N–H and O–H groups in total. The van der Waals surface area contributed by atoms with E-state index in [9.17, 15) is 0 Å². The number of hydrogen-bond donors (Lipinski definition) is 1. The fourth-order valence-corrected chi connectivity index (χ4v) is 2.16. The van der Waals surface area contributed by atoms with Crippen LogP contribution in [0.3, 0.4) is 0 Å². The third-order valence-corrected chi connectivity index (χ3v) is 3.31. The third kappa shape index (κ3) is 2.84. The van der Waals surface area contributed by atoms with Crippen LogP contribution in [-0.2, 0) is 11.2 Å². The predicted octanol–water partition coefficient (Wildman–Crippen LogP) is 1.25. The van der Waals surface area contributed by atoms with Crippen molar-refractivity contribution in [3.05, 3.63) is 11.4 Å². The van der Waals surface area contributed by atoms with Gasteiger partial charge in [-0.15, -0.1) is 5.10 Å². The maximum atomic E-state index is 5.62. The van der Waals surface area contributed by atoms with E-state index in [0.717, 1.165) is 25.1 Å². The van der Waals surface area contributed by atoms with Crippen LogP contribution >= 0.6 is 0 Å². The highest BCUT2D eigenvalue weighted by atomic mass is 16.5. The topological polar surface area (TPSA) is 66.0 Å². The number of nitrogens with zero attached hydrogens (tertiary/aromatic N) is 3. The van der Waals surface area contributed by atoms with Gasteiger partial charge in [-0.2, -0.15) is 0 Å². The summed E-state index contributed by atoms with van der Waals surface area (Å²) in [6, 6.07) is 0.351. The molecule has 2 rings (SSSR count). The molecule has 0 radical (unpaired) electrons. The SMILES string of the molecule is COCCC(C)n1nnc(CCN)c1C1CC1. The molecule has 1 saturated carbocycles. The standard InChI is InChI=1S/C12H22N4O/c1-9(6-8-17-2)16-12(10-3-4-10)11(5-7-13)14-15-16/h9-10H,3-8,13H2,1-2H3. The van der Waals surface area contributed by atoms with E-state index in [2.05, 4.69) is 21.9 Å². The van der Waals surface area contributed by atoms with Crippen molar-refractivity contribution >= 4 is 0 Å². The van der Waals surface area contributed by atoms with E-state index < -0.39 is 0 Å². The first-order valence-corrected chi connectivity index (χ1v) is 6.40. The average Bonchev–Trinajstić information content (AvgIpc) is 3.08. The molecule has 0 saturated heterocycles. The van der Waals surface area contributed by atoms with Gasteiger partial charge in [-0.05, 0) is 32.7 Å². The first-order chi connectivity index (χ1) is 8.27. The number of aromatic nitrogens is 3. The molecule has 1 aliphatic rings. The Balaban J connectivity index is 2.14. The molecular weight excluding hydrogens is 216 g/mol. The minimum Gasteiger partial charge on any atom is -0.385 e. The molecule has 96 valence electrons. The Hall–Kier alpha value is -0.940. The maximum absolute atomic E-state index is 5.62. The summed E-state index contributed by atoms with van der Waals surface area (Å²) in [6.45, 7) is 3.58. The second-order valence-electron chi connectivity index (χ2n) is 4.81. The van der Waals surface area contributed by atoms with Gasteiger partial charge in [0.25, 0.3) is 0 Å². The van der Waals surface area contributed by atoms with Crippen LogP contribution in [-0.4, -0.2) is 35.3 Å². The Morgan fingerprint density at radius 2 is 2.29 bits per heavy atom. The highest BCUT2D eigenvalue weighted by Gasteiger charge is 2.32. The lowest BCUT2D eigenvalue weighted by Gasteiger charge is -2.14. The third-order valence-electron chi connectivity index (χ3n) is 3.31. The van der Waals surface area contributed by atoms with Gasteiger partial charge in [0.15, 0.2) is 0 Å². The predicted molar refractivity (Wildman–Crippen MR) is 66.0 cm³/mol. The van der Waals surface area contributed by atoms with Gasteiger partial charge in [0.1, 0.15) is 0 Å². The summed E-state index contributed by atoms with van der Waals surface area (Å²) in [5.41, 5.74) is 8.03. The summed E-state index contributed by atoms with van der Waals surface area (Å²) in [4.78, 5) is 0. The molecule has 1 heterocycles. The van der Waals surface area contributed by atoms with E-state index in [4.69, 9.17) is 10.5 Å². The number of nitrogens with two attached hydrogens (primary N) is 1. The van der Waals surface area contributed by atoms with E-state index >= 15 is 0 Å². The Labute approximate surface area is 102 Å². The van der Waals surface area contributed by atoms with Crippen molar-refractivity contribution < 1.29 is 4.74 Å². The molecule has 1 aliphatic carbocycles. The fourth-order valence-electron chi connectivity index (χ4n) is 2.16. The zero-order valence-corrected chi connectivity index (χ0v) is 10.7. The summed E-state index contributed by atoms with van der Waals surface area (Å²) in [5.74, 6) is 0.663. The monoisotopic (exact) mass is 238 g/mol. The van der Waals surface area contributed by atoms with Crippen LogP contribution in [0.2, 0.25) is 0 Å². The Bertz CT molecular complexity index is 359. The van der Waals surface area contributed by atoms with Crippen molar-refractivity contribution in [2.45, 2.75) is 44.6 Å². The minimum atomic E-state index is 0.351. The first kappa shape index (κ1) is 12.5. The molecule has 5 heteroatoms. The van der Waals surface area contributed by atoms with Gasteiger partial charge >= 0.3 is 0 Å². The second kappa shape index (κ2) is 5.60. The molecule has 0 amide bonds. The van der Waals surface area contributed by atoms with E-state index in [1.54, 1.807) is 7.11 Å². The smallest absolute Gasteiger partial charge is 0.0874 e. The van der Waals surface area contributed by atoms with Crippen molar-refractivity contribution in [1.29, 1.82) is 0 Å². The molecule has 0 aliphatic heterocycles. The molecule has 0 aromatic carbocycles. The van der Waals surface area contributed by atoms with Gasteiger partial charge in [0.2, 0.25) is 0 Å². The van der Waals surface area contributed by atoms with Crippen molar-refractivity contribution in [3.63, 3.8) is 0 Å². The molecule has 5 nitrogen and oxygen atoms in total. The van der Waals surface area contributed by atoms with E-state index in [0.29, 0.717) is 18.5 Å². The number of ether oxygens (including phenoxy) is 1. The molecular formula is C12H22N4O. The van der Waals surface area contributed by atoms with Crippen LogP contribution in [0.1, 0.15) is 49.5 Å². The summed E-state index contributed by atoms with van der Waals surface area (Å²) in [6.07, 6.45) is 4.34. The summed E-state index contributed by atoms with van der Waals surface area (Å²) < 4.78 is 7.21. The molecule has 0 spiro atoms. The summed E-state index contributed by atoms with van der Waals surface area (Å²) in [7, 11) is 1.73. The van der Waals surface area contributed by atoms with E-state index in [1.165, 1.54) is 18.5 Å². The van der Waals surface area contributed by atoms with Gasteiger partial charge in [-0.25, -0.2) is 4.68 Å². The number of rotatable bonds is 7. The lowest BCUT2D eigenvalue weighted by molar-refractivity contribution is 0.177. The van der Waals surface area contributed by atoms with Crippen molar-refractivity contribution in [2.75, 3.05) is 20.3 Å². The highest BCUT2D eigenvalue weighted by molar-refractivity contribution is 5.21. The average molecular weight is 238 g/mol. The zero-order valence-electron chi connectivity index (χ0n) is 10.7. The molecule has 17 heavy (non-hydrogen) atoms. The Morgan fingerprint density at radius 1 is 1.53 bits per heavy atom. The van der Waals surface area contributed by atoms with Crippen molar-refractivity contribution in [3.8, 4) is 0 Å². The van der Waals surface area contributed by atoms with Gasteiger partial charge in [-0.3, -0.25) is 0 Å². The maximum Gasteiger partial charge on any atom is 0.0874 e. The molecule has 0 bridgehead atoms. The Morgan fingerprint density at radius 3 is 2.88 bits per heavy atom. The van der Waals surface area contributed by atoms with Gasteiger partial charge in [-0.1, -0.05) is 5.21 Å². The molecule has 1 aromatic heterocycles. The largest absolute Gasteiger partial charge is 0.385 e. The van der Waals surface area contributed by atoms with Crippen LogP contribution in [0.15, 0.2) is 0 Å². The van der Waals surface area contributed by atoms with Crippen molar-refractivity contribution in [2.24, 2.45) is 5.73 Å². The quantitative estimate of drug-likeness (QED) is 0.776. The van der Waals surface area contributed by atoms with Gasteiger partial charge in [0.05, 0.1) is 17.4 Å². The zero-order chi connectivity index (χ0) is 12.3. The van der Waals surface area contributed by atoms with E-state index in [-0.39, 0.29) is 0 Å². The summed E-state index contributed by atoms with van der Waals surface area (Å²) in [5, 5.41) is 8.59. The van der Waals surface area contributed by atoms with Crippen LogP contribution < -0.4 is 5.73 Å². The number of methoxy groups -OCH3 is 1. The summed E-state index contributed by atoms with van der Waals surface area (Å²) >= 11 is 0. The first-order valence-electron chi connectivity index (χ1n) is 6.40. The minimum absolute atomic E-state index is 0.351. The Kier molecular flexibility index (Phi) is 4.12. The molecule has 1 atom stereocenters. The molecule has 1 aromatic rings. The normalized spacial score (nSPS) is 17.4. The highest BCUT2D eigenvalue weighted by Crippen LogP contribution is 2.42. The van der Waals surface area contributed by atoms with Gasteiger partial charge < -0.3 is 10.5 Å². The molecule has 1 fully saturated rings. The molecule has 1 unspecified atom stereocenters. The van der Waals surface area contributed by atoms with Crippen LogP contribution in [0.25, 0.3) is 0 Å². The lowest BCUT2D eigenvalue weighted by Crippen LogP contribution is -2.13. The van der Waals surface area contributed by atoms with E-state index in [1.807, 2.05) is 0 Å². The van der Waals surface area contributed by atoms with Crippen molar-refractivity contribution in [1.82, 2.24) is 15.0 Å². The van der Waals surface area contributed by atoms with Crippen LogP contribution in [0.4, 0.5) is 0 Å². The van der Waals surface area contributed by atoms with Gasteiger partial charge in [0, 0.05) is 26.1 Å². The fraction of sp³-hybridized carbons (Fsp3) is 0.833.